The second-order valence-corrected chi connectivity index (χ2v) is 12.1. The van der Waals surface area contributed by atoms with Crippen molar-refractivity contribution in [1.82, 2.24) is 34.0 Å². The van der Waals surface area contributed by atoms with Gasteiger partial charge in [-0.15, -0.1) is 0 Å². The lowest BCUT2D eigenvalue weighted by molar-refractivity contribution is -0.0139. The predicted octanol–water partition coefficient (Wildman–Crippen LogP) is 3.35. The second-order valence-electron chi connectivity index (χ2n) is 12.1. The number of halogens is 1. The standard InChI is InChI=1S/C29H37FN8O2/c1-29(2,39)18-8-10-36(11-9-18)17-23-32-24-26(35(23)3)33-28(34-27(24)37-12-14-40-15-13-37)38-22-7-5-4-6-21(22)31-25(38)19-16-20(19)30/h4-7,18-20,39H,8-17H2,1-3H3/t19-,20-/m0/s1. The maximum atomic E-state index is 14.3. The average molecular weight is 549 g/mol. The fourth-order valence-electron chi connectivity index (χ4n) is 6.25. The number of alkyl halides is 1. The number of imidazole rings is 2. The van der Waals surface area contributed by atoms with Gasteiger partial charge in [0, 0.05) is 20.1 Å². The minimum absolute atomic E-state index is 0.243. The molecule has 212 valence electrons. The first-order valence-corrected chi connectivity index (χ1v) is 14.4. The average Bonchev–Trinajstić information content (AvgIpc) is 3.43. The molecule has 1 aliphatic carbocycles. The van der Waals surface area contributed by atoms with Crippen LogP contribution in [0.5, 0.6) is 0 Å². The van der Waals surface area contributed by atoms with Crippen molar-refractivity contribution in [3.63, 3.8) is 0 Å². The summed E-state index contributed by atoms with van der Waals surface area (Å²) < 4.78 is 24.0. The number of benzene rings is 1. The van der Waals surface area contributed by atoms with Gasteiger partial charge in [-0.05, 0) is 64.3 Å². The smallest absolute Gasteiger partial charge is 0.239 e. The summed E-state index contributed by atoms with van der Waals surface area (Å²) in [6.45, 7) is 9.05. The summed E-state index contributed by atoms with van der Waals surface area (Å²) >= 11 is 0. The van der Waals surface area contributed by atoms with E-state index in [4.69, 9.17) is 24.7 Å². The first-order valence-electron chi connectivity index (χ1n) is 14.4. The molecule has 10 nitrogen and oxygen atoms in total. The molecule has 0 bridgehead atoms. The summed E-state index contributed by atoms with van der Waals surface area (Å²) in [5.41, 5.74) is 2.57. The van der Waals surface area contributed by atoms with Crippen LogP contribution in [-0.2, 0) is 18.3 Å². The highest BCUT2D eigenvalue weighted by Gasteiger charge is 2.43. The number of hydrogen-bond donors (Lipinski definition) is 1. The number of hydrogen-bond acceptors (Lipinski definition) is 8. The lowest BCUT2D eigenvalue weighted by Crippen LogP contribution is -2.41. The van der Waals surface area contributed by atoms with Gasteiger partial charge in [0.2, 0.25) is 5.95 Å². The van der Waals surface area contributed by atoms with Gasteiger partial charge in [-0.25, -0.2) is 14.4 Å². The highest BCUT2D eigenvalue weighted by molar-refractivity contribution is 5.86. The minimum Gasteiger partial charge on any atom is -0.390 e. The molecule has 0 unspecified atom stereocenters. The van der Waals surface area contributed by atoms with Crippen molar-refractivity contribution >= 4 is 28.0 Å². The van der Waals surface area contributed by atoms with Crippen molar-refractivity contribution < 1.29 is 14.2 Å². The van der Waals surface area contributed by atoms with Crippen molar-refractivity contribution in [3.8, 4) is 5.95 Å². The van der Waals surface area contributed by atoms with Crippen molar-refractivity contribution in [2.45, 2.75) is 57.3 Å². The van der Waals surface area contributed by atoms with E-state index < -0.39 is 11.8 Å². The largest absolute Gasteiger partial charge is 0.390 e. The van der Waals surface area contributed by atoms with Crippen molar-refractivity contribution in [1.29, 1.82) is 0 Å². The SMILES string of the molecule is Cn1c(CN2CCC(C(C)(C)O)CC2)nc2c(N3CCOCC3)nc(-n3c([C@H]4C[C@@H]4F)nc4ccccc43)nc21. The molecule has 2 saturated heterocycles. The topological polar surface area (TPSA) is 97.4 Å². The monoisotopic (exact) mass is 548 g/mol. The van der Waals surface area contributed by atoms with Crippen LogP contribution in [0.3, 0.4) is 0 Å². The quantitative estimate of drug-likeness (QED) is 0.392. The Labute approximate surface area is 232 Å². The first kappa shape index (κ1) is 25.8. The third-order valence-electron chi connectivity index (χ3n) is 8.87. The van der Waals surface area contributed by atoms with Gasteiger partial charge in [0.15, 0.2) is 17.0 Å². The minimum atomic E-state index is -0.887. The molecular weight excluding hydrogens is 511 g/mol. The third-order valence-corrected chi connectivity index (χ3v) is 8.87. The van der Waals surface area contributed by atoms with E-state index >= 15 is 0 Å². The lowest BCUT2D eigenvalue weighted by Gasteiger charge is -2.37. The number of anilines is 1. The number of ether oxygens (including phenoxy) is 1. The number of para-hydroxylation sites is 2. The maximum absolute atomic E-state index is 14.3. The zero-order valence-corrected chi connectivity index (χ0v) is 23.4. The number of fused-ring (bicyclic) bond motifs is 2. The van der Waals surface area contributed by atoms with Gasteiger partial charge < -0.3 is 19.3 Å². The van der Waals surface area contributed by atoms with Crippen LogP contribution < -0.4 is 4.90 Å². The molecule has 3 aliphatic rings. The van der Waals surface area contributed by atoms with E-state index in [9.17, 15) is 9.50 Å². The van der Waals surface area contributed by atoms with Crippen LogP contribution in [0, 0.1) is 5.92 Å². The Balaban J connectivity index is 1.31. The number of piperidine rings is 1. The zero-order valence-electron chi connectivity index (χ0n) is 23.4. The van der Waals surface area contributed by atoms with E-state index in [0.29, 0.717) is 57.0 Å². The Hall–Kier alpha value is -3.15. The van der Waals surface area contributed by atoms with Gasteiger partial charge in [0.05, 0.1) is 42.3 Å². The van der Waals surface area contributed by atoms with Gasteiger partial charge in [0.1, 0.15) is 17.8 Å². The van der Waals surface area contributed by atoms with E-state index in [1.54, 1.807) is 0 Å². The van der Waals surface area contributed by atoms with Gasteiger partial charge >= 0.3 is 0 Å². The summed E-state index contributed by atoms with van der Waals surface area (Å²) in [7, 11) is 2.01. The summed E-state index contributed by atoms with van der Waals surface area (Å²) in [6.07, 6.45) is 1.51. The van der Waals surface area contributed by atoms with Gasteiger partial charge in [0.25, 0.3) is 0 Å². The predicted molar refractivity (Wildman–Crippen MR) is 151 cm³/mol. The molecule has 1 aromatic carbocycles. The molecular formula is C29H37FN8O2. The molecule has 3 aromatic heterocycles. The molecule has 0 radical (unpaired) electrons. The van der Waals surface area contributed by atoms with Crippen LogP contribution >= 0.6 is 0 Å². The molecule has 0 amide bonds. The molecule has 1 N–H and O–H groups in total. The van der Waals surface area contributed by atoms with E-state index in [0.717, 1.165) is 59.8 Å². The molecule has 3 fully saturated rings. The molecule has 2 atom stereocenters. The van der Waals surface area contributed by atoms with E-state index in [2.05, 4.69) is 14.4 Å². The maximum Gasteiger partial charge on any atom is 0.239 e. The Morgan fingerprint density at radius 3 is 2.45 bits per heavy atom. The Morgan fingerprint density at radius 2 is 1.75 bits per heavy atom. The first-order chi connectivity index (χ1) is 19.3. The number of aryl methyl sites for hydroxylation is 1. The Morgan fingerprint density at radius 1 is 1.02 bits per heavy atom. The number of nitrogens with zero attached hydrogens (tertiary/aromatic N) is 8. The fraction of sp³-hybridized carbons (Fsp3) is 0.586. The van der Waals surface area contributed by atoms with E-state index in [1.165, 1.54) is 0 Å². The normalized spacial score (nSPS) is 23.0. The molecule has 1 saturated carbocycles. The zero-order chi connectivity index (χ0) is 27.6. The number of likely N-dealkylation sites (tertiary alicyclic amines) is 1. The highest BCUT2D eigenvalue weighted by Crippen LogP contribution is 2.44. The summed E-state index contributed by atoms with van der Waals surface area (Å²) in [5, 5.41) is 10.5. The molecule has 11 heteroatoms. The molecule has 2 aliphatic heterocycles. The van der Waals surface area contributed by atoms with Crippen LogP contribution in [0.15, 0.2) is 24.3 Å². The van der Waals surface area contributed by atoms with E-state index in [1.807, 2.05) is 49.7 Å². The van der Waals surface area contributed by atoms with Gasteiger partial charge in [-0.3, -0.25) is 9.47 Å². The van der Waals surface area contributed by atoms with Crippen molar-refractivity contribution in [2.75, 3.05) is 44.3 Å². The molecule has 7 rings (SSSR count). The van der Waals surface area contributed by atoms with Gasteiger partial charge in [-0.1, -0.05) is 12.1 Å². The molecule has 5 heterocycles. The second kappa shape index (κ2) is 9.74. The van der Waals surface area contributed by atoms with Gasteiger partial charge in [-0.2, -0.15) is 9.97 Å². The molecule has 4 aromatic rings. The van der Waals surface area contributed by atoms with Crippen molar-refractivity contribution in [3.05, 3.63) is 35.9 Å². The summed E-state index contributed by atoms with van der Waals surface area (Å²) in [5.74, 6) is 2.95. The third kappa shape index (κ3) is 4.53. The number of aromatic nitrogens is 6. The van der Waals surface area contributed by atoms with Crippen LogP contribution in [0.25, 0.3) is 28.1 Å². The molecule has 0 spiro atoms. The Kier molecular flexibility index (Phi) is 6.28. The summed E-state index contributed by atoms with van der Waals surface area (Å²) in [6, 6.07) is 7.87. The van der Waals surface area contributed by atoms with Crippen LogP contribution in [-0.4, -0.2) is 90.2 Å². The summed E-state index contributed by atoms with van der Waals surface area (Å²) in [4.78, 5) is 24.7. The molecule has 40 heavy (non-hydrogen) atoms. The lowest BCUT2D eigenvalue weighted by atomic mass is 9.83. The van der Waals surface area contributed by atoms with Crippen molar-refractivity contribution in [2.24, 2.45) is 13.0 Å². The Bertz CT molecular complexity index is 1550. The highest BCUT2D eigenvalue weighted by atomic mass is 19.1. The van der Waals surface area contributed by atoms with Crippen LogP contribution in [0.2, 0.25) is 0 Å². The fourth-order valence-corrected chi connectivity index (χ4v) is 6.25. The van der Waals surface area contributed by atoms with Crippen LogP contribution in [0.4, 0.5) is 10.2 Å². The van der Waals surface area contributed by atoms with Crippen LogP contribution in [0.1, 0.15) is 50.7 Å². The van der Waals surface area contributed by atoms with E-state index in [-0.39, 0.29) is 5.92 Å². The number of rotatable bonds is 6. The number of morpholine rings is 1. The number of aliphatic hydroxyl groups is 1.